The van der Waals surface area contributed by atoms with Crippen LogP contribution >= 0.6 is 0 Å². The van der Waals surface area contributed by atoms with Crippen molar-refractivity contribution < 1.29 is 38.1 Å². The van der Waals surface area contributed by atoms with E-state index in [2.05, 4.69) is 49.3 Å². The third-order valence-electron chi connectivity index (χ3n) is 4.70. The summed E-state index contributed by atoms with van der Waals surface area (Å²) in [4.78, 5) is 74.1. The topological polar surface area (TPSA) is 286 Å². The Hall–Kier alpha value is -6.40. The predicted octanol–water partition coefficient (Wildman–Crippen LogP) is 5.77. The van der Waals surface area contributed by atoms with Crippen molar-refractivity contribution in [3.05, 3.63) is 78.0 Å². The van der Waals surface area contributed by atoms with Crippen LogP contribution in [0.3, 0.4) is 0 Å². The molecule has 6 N–H and O–H groups in total. The van der Waals surface area contributed by atoms with Gasteiger partial charge in [0.15, 0.2) is 0 Å². The largest absolute Gasteiger partial charge is 0.462 e. The van der Waals surface area contributed by atoms with Crippen molar-refractivity contribution in [2.75, 3.05) is 43.6 Å². The lowest BCUT2D eigenvalue weighted by Gasteiger charge is -2.02. The van der Waals surface area contributed by atoms with Gasteiger partial charge in [0.2, 0.25) is 23.4 Å². The van der Waals surface area contributed by atoms with Crippen LogP contribution in [0.15, 0.2) is 49.3 Å². The summed E-state index contributed by atoms with van der Waals surface area (Å²) in [6, 6.07) is 3.30. The van der Waals surface area contributed by atoms with Gasteiger partial charge in [-0.2, -0.15) is 0 Å². The highest BCUT2D eigenvalue weighted by Crippen LogP contribution is 2.01. The van der Waals surface area contributed by atoms with Gasteiger partial charge in [0, 0.05) is 30.5 Å². The number of nitrogens with zero attached hydrogens (tertiary/aromatic N) is 8. The zero-order valence-corrected chi connectivity index (χ0v) is 35.0. The summed E-state index contributed by atoms with van der Waals surface area (Å²) >= 11 is 0. The number of nitrogen functional groups attached to an aromatic ring is 3. The Balaban J connectivity index is -0.000000308. The molecule has 19 heteroatoms. The SMILES string of the molecule is CC.CC.CC.CC.CCOC(=O)c1cnc(C(=O)OCC)nc1.CCOC(=O)c1ncc(N)cn1.CCOC(=O)c1nccc(N)n1.Cc1ccnc(N)n1. The van der Waals surface area contributed by atoms with E-state index in [1.165, 1.54) is 37.1 Å². The van der Waals surface area contributed by atoms with E-state index in [1.54, 1.807) is 40.0 Å². The van der Waals surface area contributed by atoms with Crippen LogP contribution in [-0.2, 0) is 18.9 Å². The Labute approximate surface area is 330 Å². The average Bonchev–Trinajstić information content (AvgIpc) is 3.22. The lowest BCUT2D eigenvalue weighted by atomic mass is 10.3. The molecule has 0 fully saturated rings. The second-order valence-electron chi connectivity index (χ2n) is 8.38. The summed E-state index contributed by atoms with van der Waals surface area (Å²) < 4.78 is 18.8. The number of aromatic nitrogens is 8. The van der Waals surface area contributed by atoms with E-state index < -0.39 is 23.9 Å². The highest BCUT2D eigenvalue weighted by Gasteiger charge is 2.13. The molecule has 312 valence electrons. The number of rotatable bonds is 8. The van der Waals surface area contributed by atoms with Gasteiger partial charge >= 0.3 is 23.9 Å². The maximum absolute atomic E-state index is 11.2. The van der Waals surface area contributed by atoms with Gasteiger partial charge in [0.25, 0.3) is 0 Å². The zero-order valence-electron chi connectivity index (χ0n) is 35.0. The highest BCUT2D eigenvalue weighted by molar-refractivity contribution is 5.90. The van der Waals surface area contributed by atoms with Crippen LogP contribution in [0.1, 0.15) is 131 Å². The first-order valence-electron chi connectivity index (χ1n) is 18.2. The molecule has 0 saturated heterocycles. The lowest BCUT2D eigenvalue weighted by Crippen LogP contribution is -2.12. The standard InChI is InChI=1S/C10H12N2O4.2C7H9N3O2.C5H7N3.4C2H6/c1-3-15-9(13)7-5-11-8(12-6-7)10(14)16-4-2;1-2-12-7(11)6-9-3-5(8)4-10-6;1-2-12-7(11)6-9-4-3-5(8)10-6;1-4-2-3-7-5(6)8-4;4*1-2/h5-6H,3-4H2,1-2H3;3-4H,2,8H2,1H3;3-4H,2H2,1H3,(H2,8,9,10);2-3H,1H3,(H2,6,7,8);4*1-2H3. The highest BCUT2D eigenvalue weighted by atomic mass is 16.5. The maximum atomic E-state index is 11.2. The Morgan fingerprint density at radius 2 is 0.875 bits per heavy atom. The number of ether oxygens (including phenoxy) is 4. The van der Waals surface area contributed by atoms with Gasteiger partial charge in [0.1, 0.15) is 5.82 Å². The summed E-state index contributed by atoms with van der Waals surface area (Å²) in [5.41, 5.74) is 17.4. The van der Waals surface area contributed by atoms with Crippen LogP contribution in [0.4, 0.5) is 17.5 Å². The number of nitrogens with two attached hydrogens (primary N) is 3. The molecule has 0 unspecified atom stereocenters. The van der Waals surface area contributed by atoms with Crippen molar-refractivity contribution in [2.24, 2.45) is 0 Å². The van der Waals surface area contributed by atoms with Crippen LogP contribution in [-0.4, -0.2) is 90.2 Å². The smallest absolute Gasteiger partial charge is 0.376 e. The van der Waals surface area contributed by atoms with Crippen LogP contribution in [0.5, 0.6) is 0 Å². The lowest BCUT2D eigenvalue weighted by molar-refractivity contribution is 0.0498. The van der Waals surface area contributed by atoms with Crippen molar-refractivity contribution in [1.29, 1.82) is 0 Å². The van der Waals surface area contributed by atoms with E-state index in [-0.39, 0.29) is 42.1 Å². The van der Waals surface area contributed by atoms with Gasteiger partial charge in [-0.05, 0) is 46.8 Å². The Kier molecular flexibility index (Phi) is 38.6. The third-order valence-corrected chi connectivity index (χ3v) is 4.70. The molecule has 0 radical (unpaired) electrons. The monoisotopic (exact) mass is 787 g/mol. The molecule has 0 saturated carbocycles. The van der Waals surface area contributed by atoms with Crippen molar-refractivity contribution in [3.63, 3.8) is 0 Å². The molecule has 0 aliphatic rings. The van der Waals surface area contributed by atoms with Crippen molar-refractivity contribution in [3.8, 4) is 0 Å². The van der Waals surface area contributed by atoms with Crippen LogP contribution < -0.4 is 17.2 Å². The number of esters is 4. The molecule has 0 aliphatic heterocycles. The molecular weight excluding hydrogens is 726 g/mol. The van der Waals surface area contributed by atoms with Crippen molar-refractivity contribution in [1.82, 2.24) is 39.9 Å². The summed E-state index contributed by atoms with van der Waals surface area (Å²) in [5, 5.41) is 0. The fourth-order valence-corrected chi connectivity index (χ4v) is 2.72. The molecule has 4 heterocycles. The summed E-state index contributed by atoms with van der Waals surface area (Å²) in [5.74, 6) is -1.66. The first kappa shape index (κ1) is 56.3. The molecule has 0 amide bonds. The van der Waals surface area contributed by atoms with Crippen LogP contribution in [0, 0.1) is 6.92 Å². The molecule has 0 aromatic carbocycles. The van der Waals surface area contributed by atoms with Gasteiger partial charge in [-0.3, -0.25) is 0 Å². The van der Waals surface area contributed by atoms with Crippen molar-refractivity contribution in [2.45, 2.75) is 90.0 Å². The minimum Gasteiger partial charge on any atom is -0.462 e. The second kappa shape index (κ2) is 38.3. The second-order valence-corrected chi connectivity index (χ2v) is 8.38. The first-order chi connectivity index (χ1) is 26.9. The third kappa shape index (κ3) is 27.2. The quantitative estimate of drug-likeness (QED) is 0.141. The van der Waals surface area contributed by atoms with Gasteiger partial charge in [0.05, 0.1) is 50.1 Å². The average molecular weight is 788 g/mol. The van der Waals surface area contributed by atoms with Gasteiger partial charge in [-0.15, -0.1) is 0 Å². The molecule has 19 nitrogen and oxygen atoms in total. The normalized spacial score (nSPS) is 8.52. The molecule has 4 aromatic rings. The van der Waals surface area contributed by atoms with E-state index in [9.17, 15) is 19.2 Å². The molecular formula is C37H61N11O8. The molecule has 0 bridgehead atoms. The predicted molar refractivity (Wildman–Crippen MR) is 215 cm³/mol. The molecule has 4 aromatic heterocycles. The summed E-state index contributed by atoms with van der Waals surface area (Å²) in [6.45, 7) is 25.8. The number of aryl methyl sites for hydroxylation is 1. The fraction of sp³-hybridized carbons (Fsp3) is 0.459. The van der Waals surface area contributed by atoms with Gasteiger partial charge in [-0.25, -0.2) is 59.0 Å². The minimum atomic E-state index is -0.613. The number of hydrogen-bond acceptors (Lipinski definition) is 19. The summed E-state index contributed by atoms with van der Waals surface area (Å²) in [6.07, 6.45) is 8.24. The van der Waals surface area contributed by atoms with E-state index in [4.69, 9.17) is 26.7 Å². The van der Waals surface area contributed by atoms with E-state index in [0.717, 1.165) is 5.69 Å². The van der Waals surface area contributed by atoms with Crippen LogP contribution in [0.25, 0.3) is 0 Å². The first-order valence-corrected chi connectivity index (χ1v) is 18.2. The van der Waals surface area contributed by atoms with Gasteiger partial charge in [-0.1, -0.05) is 55.4 Å². The van der Waals surface area contributed by atoms with E-state index >= 15 is 0 Å². The maximum Gasteiger partial charge on any atom is 0.376 e. The number of hydrogen-bond donors (Lipinski definition) is 3. The molecule has 56 heavy (non-hydrogen) atoms. The van der Waals surface area contributed by atoms with E-state index in [0.29, 0.717) is 24.8 Å². The summed E-state index contributed by atoms with van der Waals surface area (Å²) in [7, 11) is 0. The Morgan fingerprint density at radius 1 is 0.500 bits per heavy atom. The Bertz CT molecular complexity index is 1540. The van der Waals surface area contributed by atoms with Gasteiger partial charge < -0.3 is 36.1 Å². The fourth-order valence-electron chi connectivity index (χ4n) is 2.72. The van der Waals surface area contributed by atoms with E-state index in [1.807, 2.05) is 62.3 Å². The number of anilines is 3. The zero-order chi connectivity index (χ0) is 43.9. The molecule has 0 aliphatic carbocycles. The molecule has 0 spiro atoms. The molecule has 0 atom stereocenters. The minimum absolute atomic E-state index is 0.00292. The Morgan fingerprint density at radius 3 is 1.23 bits per heavy atom. The molecule has 4 rings (SSSR count). The number of carbonyl (C=O) groups is 4. The van der Waals surface area contributed by atoms with Crippen molar-refractivity contribution >= 4 is 41.3 Å². The number of carbonyl (C=O) groups excluding carboxylic acids is 4. The van der Waals surface area contributed by atoms with Crippen LogP contribution in [0.2, 0.25) is 0 Å².